The number of ether oxygens (including phenoxy) is 1. The van der Waals surface area contributed by atoms with Crippen molar-refractivity contribution in [2.75, 3.05) is 45.8 Å². The van der Waals surface area contributed by atoms with Gasteiger partial charge in [0.25, 0.3) is 0 Å². The summed E-state index contributed by atoms with van der Waals surface area (Å²) < 4.78 is 34.3. The Morgan fingerprint density at radius 1 is 1.10 bits per heavy atom. The maximum Gasteiger partial charge on any atom is 0.323 e. The van der Waals surface area contributed by atoms with Gasteiger partial charge in [0.05, 0.1) is 36.8 Å². The first-order valence-electron chi connectivity index (χ1n) is 13.2. The van der Waals surface area contributed by atoms with Crippen LogP contribution in [0.25, 0.3) is 10.8 Å². The number of aliphatic hydroxyl groups excluding tert-OH is 3. The van der Waals surface area contributed by atoms with Crippen LogP contribution in [-0.2, 0) is 24.3 Å². The highest BCUT2D eigenvalue weighted by Crippen LogP contribution is 2.30. The topological polar surface area (TPSA) is 169 Å². The minimum Gasteiger partial charge on any atom is -0.468 e. The SMILES string of the molecule is COC(=O)[C@H](CCCCN1C[C@H](NC(C)=O)[C@@H](O)[C@H](O)[C@H]1CO)NS(=O)(=O)c1cccc2c(N(C)C)cccc12. The van der Waals surface area contributed by atoms with Crippen molar-refractivity contribution in [3.8, 4) is 0 Å². The zero-order valence-corrected chi connectivity index (χ0v) is 24.1. The number of carbonyl (C=O) groups is 2. The van der Waals surface area contributed by atoms with Crippen LogP contribution >= 0.6 is 0 Å². The summed E-state index contributed by atoms with van der Waals surface area (Å²) in [5, 5.41) is 34.5. The molecule has 222 valence electrons. The number of amides is 1. The number of hydrogen-bond donors (Lipinski definition) is 5. The van der Waals surface area contributed by atoms with E-state index in [4.69, 9.17) is 4.74 Å². The molecule has 13 heteroatoms. The molecule has 0 radical (unpaired) electrons. The molecule has 5 atom stereocenters. The Balaban J connectivity index is 1.71. The molecule has 0 bridgehead atoms. The minimum absolute atomic E-state index is 0.0539. The first-order chi connectivity index (χ1) is 18.9. The van der Waals surface area contributed by atoms with E-state index in [0.717, 1.165) is 11.1 Å². The highest BCUT2D eigenvalue weighted by Gasteiger charge is 2.41. The third-order valence-corrected chi connectivity index (χ3v) is 8.76. The van der Waals surface area contributed by atoms with Crippen molar-refractivity contribution in [1.82, 2.24) is 14.9 Å². The van der Waals surface area contributed by atoms with E-state index in [1.165, 1.54) is 20.1 Å². The maximum absolute atomic E-state index is 13.5. The molecule has 3 rings (SSSR count). The van der Waals surface area contributed by atoms with Crippen LogP contribution in [0.5, 0.6) is 0 Å². The lowest BCUT2D eigenvalue weighted by Crippen LogP contribution is -2.66. The van der Waals surface area contributed by atoms with E-state index in [2.05, 4.69) is 10.0 Å². The predicted octanol–water partition coefficient (Wildman–Crippen LogP) is -0.201. The molecular formula is C27H40N4O8S. The van der Waals surface area contributed by atoms with Crippen molar-refractivity contribution in [2.24, 2.45) is 0 Å². The number of carbonyl (C=O) groups excluding carboxylic acids is 2. The molecule has 1 fully saturated rings. The first-order valence-corrected chi connectivity index (χ1v) is 14.7. The van der Waals surface area contributed by atoms with Crippen LogP contribution in [0, 0.1) is 0 Å². The molecule has 0 spiro atoms. The Kier molecular flexibility index (Phi) is 10.9. The summed E-state index contributed by atoms with van der Waals surface area (Å²) >= 11 is 0. The number of unbranched alkanes of at least 4 members (excludes halogenated alkanes) is 1. The van der Waals surface area contributed by atoms with Crippen LogP contribution in [0.1, 0.15) is 26.2 Å². The molecular weight excluding hydrogens is 540 g/mol. The fourth-order valence-corrected chi connectivity index (χ4v) is 6.66. The number of fused-ring (bicyclic) bond motifs is 1. The molecule has 0 unspecified atom stereocenters. The van der Waals surface area contributed by atoms with Crippen molar-refractivity contribution in [3.63, 3.8) is 0 Å². The minimum atomic E-state index is -4.10. The lowest BCUT2D eigenvalue weighted by Gasteiger charge is -2.45. The second-order valence-corrected chi connectivity index (χ2v) is 11.9. The standard InChI is InChI=1S/C27H40N4O8S/c1-17(33)28-21-15-31(23(16-32)26(35)25(21)34)14-6-5-11-20(27(36)39-4)29-40(37,38)24-13-8-9-18-19(24)10-7-12-22(18)30(2)3/h7-10,12-13,20-21,23,25-26,29,32,34-35H,5-6,11,14-16H2,1-4H3,(H,28,33)/t20-,21-,23+,25+,26+/m0/s1. The zero-order valence-electron chi connectivity index (χ0n) is 23.3. The molecule has 2 aromatic carbocycles. The van der Waals surface area contributed by atoms with Gasteiger partial charge in [-0.2, -0.15) is 4.72 Å². The van der Waals surface area contributed by atoms with Crippen molar-refractivity contribution in [3.05, 3.63) is 36.4 Å². The highest BCUT2D eigenvalue weighted by molar-refractivity contribution is 7.89. The Hall–Kier alpha value is -2.81. The van der Waals surface area contributed by atoms with E-state index in [0.29, 0.717) is 24.8 Å². The van der Waals surface area contributed by atoms with Gasteiger partial charge in [0.2, 0.25) is 15.9 Å². The van der Waals surface area contributed by atoms with Crippen molar-refractivity contribution >= 4 is 38.4 Å². The fourth-order valence-electron chi connectivity index (χ4n) is 5.22. The number of anilines is 1. The Bertz CT molecular complexity index is 1290. The van der Waals surface area contributed by atoms with E-state index in [1.54, 1.807) is 23.1 Å². The molecule has 2 aromatic rings. The van der Waals surface area contributed by atoms with Crippen LogP contribution in [0.15, 0.2) is 41.3 Å². The molecule has 40 heavy (non-hydrogen) atoms. The second kappa shape index (κ2) is 13.7. The van der Waals surface area contributed by atoms with Gasteiger partial charge in [-0.15, -0.1) is 0 Å². The van der Waals surface area contributed by atoms with Gasteiger partial charge < -0.3 is 30.3 Å². The Labute approximate surface area is 235 Å². The summed E-state index contributed by atoms with van der Waals surface area (Å²) in [6.45, 7) is 1.51. The van der Waals surface area contributed by atoms with Gasteiger partial charge in [-0.1, -0.05) is 24.3 Å². The Morgan fingerprint density at radius 2 is 1.77 bits per heavy atom. The number of nitrogens with one attached hydrogen (secondary N) is 2. The largest absolute Gasteiger partial charge is 0.468 e. The monoisotopic (exact) mass is 580 g/mol. The number of benzene rings is 2. The summed E-state index contributed by atoms with van der Waals surface area (Å²) in [6, 6.07) is 7.83. The molecule has 1 saturated heterocycles. The summed E-state index contributed by atoms with van der Waals surface area (Å²) in [5.74, 6) is -1.07. The van der Waals surface area contributed by atoms with Crippen molar-refractivity contribution < 1.29 is 38.1 Å². The summed E-state index contributed by atoms with van der Waals surface area (Å²) in [6.07, 6.45) is -1.43. The molecule has 1 aliphatic heterocycles. The quantitative estimate of drug-likeness (QED) is 0.167. The molecule has 1 aliphatic rings. The molecule has 12 nitrogen and oxygen atoms in total. The maximum atomic E-state index is 13.5. The summed E-state index contributed by atoms with van der Waals surface area (Å²) in [7, 11) is 0.838. The van der Waals surface area contributed by atoms with Gasteiger partial charge >= 0.3 is 5.97 Å². The number of sulfonamides is 1. The lowest BCUT2D eigenvalue weighted by atomic mass is 9.92. The third-order valence-electron chi connectivity index (χ3n) is 7.23. The third kappa shape index (κ3) is 7.28. The number of piperidine rings is 1. The molecule has 0 aromatic heterocycles. The van der Waals surface area contributed by atoms with Crippen LogP contribution in [0.3, 0.4) is 0 Å². The van der Waals surface area contributed by atoms with Crippen LogP contribution in [-0.4, -0.2) is 112 Å². The van der Waals surface area contributed by atoms with Gasteiger partial charge in [0.15, 0.2) is 0 Å². The van der Waals surface area contributed by atoms with E-state index in [-0.39, 0.29) is 23.8 Å². The highest BCUT2D eigenvalue weighted by atomic mass is 32.2. The van der Waals surface area contributed by atoms with Gasteiger partial charge in [-0.05, 0) is 37.9 Å². The fraction of sp³-hybridized carbons (Fsp3) is 0.556. The Morgan fingerprint density at radius 3 is 2.40 bits per heavy atom. The van der Waals surface area contributed by atoms with E-state index in [1.807, 2.05) is 31.1 Å². The number of nitrogens with zero attached hydrogens (tertiary/aromatic N) is 2. The average molecular weight is 581 g/mol. The number of rotatable bonds is 12. The zero-order chi connectivity index (χ0) is 29.6. The van der Waals surface area contributed by atoms with Crippen LogP contribution in [0.2, 0.25) is 0 Å². The first kappa shape index (κ1) is 31.7. The molecule has 1 amide bonds. The number of esters is 1. The van der Waals surface area contributed by atoms with Gasteiger partial charge in [-0.25, -0.2) is 8.42 Å². The van der Waals surface area contributed by atoms with Crippen molar-refractivity contribution in [2.45, 2.75) is 61.4 Å². The number of methoxy groups -OCH3 is 1. The average Bonchev–Trinajstić information content (AvgIpc) is 2.91. The molecule has 5 N–H and O–H groups in total. The molecule has 1 heterocycles. The molecule has 0 saturated carbocycles. The van der Waals surface area contributed by atoms with Gasteiger partial charge in [-0.3, -0.25) is 14.5 Å². The number of aliphatic hydroxyl groups is 3. The van der Waals surface area contributed by atoms with E-state index < -0.39 is 52.9 Å². The van der Waals surface area contributed by atoms with E-state index >= 15 is 0 Å². The van der Waals surface area contributed by atoms with Crippen LogP contribution < -0.4 is 14.9 Å². The summed E-state index contributed by atoms with van der Waals surface area (Å²) in [5.41, 5.74) is 0.858. The second-order valence-electron chi connectivity index (χ2n) is 10.2. The van der Waals surface area contributed by atoms with E-state index in [9.17, 15) is 33.3 Å². The van der Waals surface area contributed by atoms with Gasteiger partial charge in [0.1, 0.15) is 12.1 Å². The number of likely N-dealkylation sites (tertiary alicyclic amines) is 1. The summed E-state index contributed by atoms with van der Waals surface area (Å²) in [4.78, 5) is 27.8. The normalized spacial score (nSPS) is 22.6. The predicted molar refractivity (Wildman–Crippen MR) is 150 cm³/mol. The molecule has 0 aliphatic carbocycles. The smallest absolute Gasteiger partial charge is 0.323 e. The number of hydrogen-bond acceptors (Lipinski definition) is 10. The van der Waals surface area contributed by atoms with Gasteiger partial charge in [0, 0.05) is 44.0 Å². The van der Waals surface area contributed by atoms with Crippen LogP contribution in [0.4, 0.5) is 5.69 Å². The lowest BCUT2D eigenvalue weighted by molar-refractivity contribution is -0.142. The van der Waals surface area contributed by atoms with Crippen molar-refractivity contribution in [1.29, 1.82) is 0 Å².